The van der Waals surface area contributed by atoms with Gasteiger partial charge in [-0.05, 0) is 18.6 Å². The molecule has 0 amide bonds. The Bertz CT molecular complexity index is 384. The van der Waals surface area contributed by atoms with Crippen LogP contribution in [0.1, 0.15) is 19.1 Å². The molecule has 0 bridgehead atoms. The number of para-hydroxylation sites is 1. The lowest BCUT2D eigenvalue weighted by atomic mass is 10.2. The number of hydrogen-bond donors (Lipinski definition) is 0. The average Bonchev–Trinajstić information content (AvgIpc) is 2.57. The molecule has 74 valence electrons. The van der Waals surface area contributed by atoms with Crippen molar-refractivity contribution >= 4 is 26.9 Å². The van der Waals surface area contributed by atoms with Gasteiger partial charge in [0.2, 0.25) is 0 Å². The minimum atomic E-state index is 0.552. The molecule has 0 aliphatic carbocycles. The molecule has 2 heteroatoms. The standard InChI is InChI=1S/C12H13BrO/c1-9(13)6-7-11-8-10-4-2-3-5-12(10)14-11/h2-5,8-9H,6-7H2,1H3. The van der Waals surface area contributed by atoms with Crippen molar-refractivity contribution in [2.24, 2.45) is 0 Å². The third kappa shape index (κ3) is 2.18. The van der Waals surface area contributed by atoms with E-state index in [1.54, 1.807) is 0 Å². The molecular weight excluding hydrogens is 240 g/mol. The van der Waals surface area contributed by atoms with Crippen LogP contribution in [0.2, 0.25) is 0 Å². The normalized spacial score (nSPS) is 13.3. The van der Waals surface area contributed by atoms with Crippen molar-refractivity contribution in [3.8, 4) is 0 Å². The van der Waals surface area contributed by atoms with Crippen LogP contribution in [-0.4, -0.2) is 4.83 Å². The lowest BCUT2D eigenvalue weighted by molar-refractivity contribution is 0.539. The van der Waals surface area contributed by atoms with Crippen LogP contribution in [-0.2, 0) is 6.42 Å². The molecular formula is C12H13BrO. The van der Waals surface area contributed by atoms with Gasteiger partial charge in [-0.3, -0.25) is 0 Å². The first-order chi connectivity index (χ1) is 6.75. The third-order valence-corrected chi connectivity index (χ3v) is 2.72. The molecule has 0 spiro atoms. The molecule has 1 nitrogen and oxygen atoms in total. The van der Waals surface area contributed by atoms with E-state index in [4.69, 9.17) is 4.42 Å². The molecule has 1 aromatic carbocycles. The van der Waals surface area contributed by atoms with Crippen molar-refractivity contribution in [3.05, 3.63) is 36.1 Å². The highest BCUT2D eigenvalue weighted by molar-refractivity contribution is 9.09. The van der Waals surface area contributed by atoms with E-state index in [1.165, 1.54) is 5.39 Å². The summed E-state index contributed by atoms with van der Waals surface area (Å²) in [6.45, 7) is 2.16. The maximum Gasteiger partial charge on any atom is 0.134 e. The Hall–Kier alpha value is -0.760. The van der Waals surface area contributed by atoms with Crippen molar-refractivity contribution in [3.63, 3.8) is 0 Å². The molecule has 2 rings (SSSR count). The largest absolute Gasteiger partial charge is 0.461 e. The highest BCUT2D eigenvalue weighted by Crippen LogP contribution is 2.20. The van der Waals surface area contributed by atoms with Crippen LogP contribution in [0, 0.1) is 0 Å². The van der Waals surface area contributed by atoms with E-state index in [0.717, 1.165) is 24.2 Å². The van der Waals surface area contributed by atoms with Gasteiger partial charge in [-0.2, -0.15) is 0 Å². The number of alkyl halides is 1. The minimum absolute atomic E-state index is 0.552. The van der Waals surface area contributed by atoms with E-state index in [0.29, 0.717) is 4.83 Å². The van der Waals surface area contributed by atoms with Gasteiger partial charge in [-0.25, -0.2) is 0 Å². The first-order valence-electron chi connectivity index (χ1n) is 4.87. The Morgan fingerprint density at radius 3 is 2.86 bits per heavy atom. The Labute approximate surface area is 92.2 Å². The summed E-state index contributed by atoms with van der Waals surface area (Å²) in [5.74, 6) is 1.08. The van der Waals surface area contributed by atoms with Crippen molar-refractivity contribution in [2.75, 3.05) is 0 Å². The molecule has 0 aliphatic rings. The average molecular weight is 253 g/mol. The zero-order valence-electron chi connectivity index (χ0n) is 8.16. The smallest absolute Gasteiger partial charge is 0.134 e. The second-order valence-corrected chi connectivity index (χ2v) is 5.13. The maximum absolute atomic E-state index is 5.70. The monoisotopic (exact) mass is 252 g/mol. The molecule has 0 aliphatic heterocycles. The molecule has 1 aromatic heterocycles. The first kappa shape index (κ1) is 9.78. The second-order valence-electron chi connectivity index (χ2n) is 3.57. The van der Waals surface area contributed by atoms with E-state index >= 15 is 0 Å². The highest BCUT2D eigenvalue weighted by Gasteiger charge is 2.04. The van der Waals surface area contributed by atoms with Gasteiger partial charge in [-0.15, -0.1) is 0 Å². The zero-order chi connectivity index (χ0) is 9.97. The molecule has 2 aromatic rings. The van der Waals surface area contributed by atoms with Crippen LogP contribution in [0.4, 0.5) is 0 Å². The molecule has 14 heavy (non-hydrogen) atoms. The van der Waals surface area contributed by atoms with Gasteiger partial charge >= 0.3 is 0 Å². The maximum atomic E-state index is 5.70. The number of fused-ring (bicyclic) bond motifs is 1. The van der Waals surface area contributed by atoms with Crippen molar-refractivity contribution < 1.29 is 4.42 Å². The van der Waals surface area contributed by atoms with Crippen LogP contribution < -0.4 is 0 Å². The Morgan fingerprint density at radius 1 is 1.36 bits per heavy atom. The molecule has 1 unspecified atom stereocenters. The third-order valence-electron chi connectivity index (χ3n) is 2.27. The van der Waals surface area contributed by atoms with Gasteiger partial charge in [0, 0.05) is 16.6 Å². The number of hydrogen-bond acceptors (Lipinski definition) is 1. The van der Waals surface area contributed by atoms with E-state index < -0.39 is 0 Å². The number of halogens is 1. The highest BCUT2D eigenvalue weighted by atomic mass is 79.9. The van der Waals surface area contributed by atoms with Gasteiger partial charge in [-0.1, -0.05) is 41.1 Å². The summed E-state index contributed by atoms with van der Waals surface area (Å²) >= 11 is 3.53. The summed E-state index contributed by atoms with van der Waals surface area (Å²) in [6, 6.07) is 10.3. The molecule has 0 fully saturated rings. The number of furan rings is 1. The molecule has 0 radical (unpaired) electrons. The predicted molar refractivity (Wildman–Crippen MR) is 62.9 cm³/mol. The SMILES string of the molecule is CC(Br)CCc1cc2ccccc2o1. The lowest BCUT2D eigenvalue weighted by Gasteiger charge is -1.98. The topological polar surface area (TPSA) is 13.1 Å². The fourth-order valence-electron chi connectivity index (χ4n) is 1.50. The number of aryl methyl sites for hydroxylation is 1. The van der Waals surface area contributed by atoms with Crippen LogP contribution in [0.25, 0.3) is 11.0 Å². The van der Waals surface area contributed by atoms with Gasteiger partial charge in [0.25, 0.3) is 0 Å². The number of benzene rings is 1. The summed E-state index contributed by atoms with van der Waals surface area (Å²) in [6.07, 6.45) is 2.11. The van der Waals surface area contributed by atoms with E-state index in [1.807, 2.05) is 18.2 Å². The van der Waals surface area contributed by atoms with Gasteiger partial charge in [0.05, 0.1) is 0 Å². The fourth-order valence-corrected chi connectivity index (χ4v) is 1.73. The zero-order valence-corrected chi connectivity index (χ0v) is 9.75. The van der Waals surface area contributed by atoms with Crippen molar-refractivity contribution in [2.45, 2.75) is 24.6 Å². The van der Waals surface area contributed by atoms with Crippen LogP contribution in [0.3, 0.4) is 0 Å². The van der Waals surface area contributed by atoms with Crippen LogP contribution in [0.15, 0.2) is 34.7 Å². The van der Waals surface area contributed by atoms with E-state index in [2.05, 4.69) is 35.0 Å². The Balaban J connectivity index is 2.19. The first-order valence-corrected chi connectivity index (χ1v) is 5.79. The van der Waals surface area contributed by atoms with Gasteiger partial charge < -0.3 is 4.42 Å². The number of rotatable bonds is 3. The van der Waals surface area contributed by atoms with Crippen LogP contribution >= 0.6 is 15.9 Å². The lowest BCUT2D eigenvalue weighted by Crippen LogP contribution is -1.92. The predicted octanol–water partition coefficient (Wildman–Crippen LogP) is 4.15. The Morgan fingerprint density at radius 2 is 2.14 bits per heavy atom. The Kier molecular flexibility index (Phi) is 2.92. The summed E-state index contributed by atoms with van der Waals surface area (Å²) in [4.78, 5) is 0.552. The summed E-state index contributed by atoms with van der Waals surface area (Å²) < 4.78 is 5.70. The molecule has 0 saturated carbocycles. The molecule has 0 N–H and O–H groups in total. The van der Waals surface area contributed by atoms with Crippen molar-refractivity contribution in [1.82, 2.24) is 0 Å². The summed E-state index contributed by atoms with van der Waals surface area (Å²) in [5.41, 5.74) is 0.990. The van der Waals surface area contributed by atoms with E-state index in [9.17, 15) is 0 Å². The van der Waals surface area contributed by atoms with Gasteiger partial charge in [0.15, 0.2) is 0 Å². The molecule has 1 atom stereocenters. The fraction of sp³-hybridized carbons (Fsp3) is 0.333. The second kappa shape index (κ2) is 4.18. The molecule has 0 saturated heterocycles. The van der Waals surface area contributed by atoms with Crippen molar-refractivity contribution in [1.29, 1.82) is 0 Å². The summed E-state index contributed by atoms with van der Waals surface area (Å²) in [5, 5.41) is 1.20. The molecule has 1 heterocycles. The van der Waals surface area contributed by atoms with Gasteiger partial charge in [0.1, 0.15) is 11.3 Å². The van der Waals surface area contributed by atoms with E-state index in [-0.39, 0.29) is 0 Å². The van der Waals surface area contributed by atoms with Crippen LogP contribution in [0.5, 0.6) is 0 Å². The summed E-state index contributed by atoms with van der Waals surface area (Å²) in [7, 11) is 0. The minimum Gasteiger partial charge on any atom is -0.461 e. The quantitative estimate of drug-likeness (QED) is 0.749.